The fourth-order valence-corrected chi connectivity index (χ4v) is 1.46. The molecule has 0 saturated carbocycles. The molecule has 86 valence electrons. The highest BCUT2D eigenvalue weighted by Crippen LogP contribution is 2.18. The molecule has 0 fully saturated rings. The van der Waals surface area contributed by atoms with Gasteiger partial charge >= 0.3 is 5.97 Å². The average Bonchev–Trinajstić information content (AvgIpc) is 2.28. The van der Waals surface area contributed by atoms with Crippen LogP contribution in [0.4, 0.5) is 4.39 Å². The van der Waals surface area contributed by atoms with E-state index in [-0.39, 0.29) is 18.9 Å². The highest BCUT2D eigenvalue weighted by molar-refractivity contribution is 6.21. The third-order valence-electron chi connectivity index (χ3n) is 2.25. The molecule has 0 aromatic carbocycles. The van der Waals surface area contributed by atoms with Gasteiger partial charge in [0.05, 0.1) is 24.9 Å². The number of ether oxygens (including phenoxy) is 1. The Kier molecular flexibility index (Phi) is 4.11. The number of alkyl halides is 1. The number of esters is 1. The Morgan fingerprint density at radius 3 is 2.94 bits per heavy atom. The monoisotopic (exact) mass is 226 g/mol. The third-order valence-corrected chi connectivity index (χ3v) is 2.25. The van der Waals surface area contributed by atoms with E-state index in [0.717, 1.165) is 0 Å². The molecule has 0 aliphatic carbocycles. The zero-order chi connectivity index (χ0) is 12.1. The number of hydrogen-bond donors (Lipinski definition) is 0. The van der Waals surface area contributed by atoms with Gasteiger partial charge in [-0.25, -0.2) is 4.39 Å². The van der Waals surface area contributed by atoms with Gasteiger partial charge < -0.3 is 4.74 Å². The molecule has 16 heavy (non-hydrogen) atoms. The molecule has 0 amide bonds. The number of nitriles is 1. The number of carbonyl (C=O) groups excluding carboxylic acids is 2. The van der Waals surface area contributed by atoms with E-state index in [1.165, 1.54) is 0 Å². The maximum atomic E-state index is 12.6. The Morgan fingerprint density at radius 1 is 1.75 bits per heavy atom. The minimum atomic E-state index is -1.34. The topological polar surface area (TPSA) is 79.5 Å². The number of Topliss-reactive ketones (excluding diaryl/α,β-unsaturated/α-hetero) is 1. The largest absolute Gasteiger partial charge is 0.465 e. The predicted molar refractivity (Wildman–Crippen MR) is 52.5 cm³/mol. The van der Waals surface area contributed by atoms with Gasteiger partial charge in [0.25, 0.3) is 0 Å². The van der Waals surface area contributed by atoms with Gasteiger partial charge in [0.1, 0.15) is 12.6 Å². The Hall–Kier alpha value is -1.77. The van der Waals surface area contributed by atoms with Crippen molar-refractivity contribution >= 4 is 17.5 Å². The summed E-state index contributed by atoms with van der Waals surface area (Å²) in [6, 6.07) is 1.74. The van der Waals surface area contributed by atoms with Crippen molar-refractivity contribution in [2.75, 3.05) is 19.8 Å². The van der Waals surface area contributed by atoms with Crippen LogP contribution < -0.4 is 0 Å². The van der Waals surface area contributed by atoms with Crippen LogP contribution in [-0.2, 0) is 14.3 Å². The first-order valence-corrected chi connectivity index (χ1v) is 4.84. The van der Waals surface area contributed by atoms with Crippen molar-refractivity contribution in [3.05, 3.63) is 0 Å². The summed E-state index contributed by atoms with van der Waals surface area (Å²) in [5.74, 6) is -3.78. The number of nitrogens with zero attached hydrogens (tertiary/aromatic N) is 2. The summed E-state index contributed by atoms with van der Waals surface area (Å²) in [5, 5.41) is 8.66. The van der Waals surface area contributed by atoms with Gasteiger partial charge in [-0.3, -0.25) is 14.6 Å². The highest BCUT2D eigenvalue weighted by Gasteiger charge is 2.40. The van der Waals surface area contributed by atoms with Crippen molar-refractivity contribution in [3.8, 4) is 6.07 Å². The van der Waals surface area contributed by atoms with Gasteiger partial charge in [-0.2, -0.15) is 5.26 Å². The van der Waals surface area contributed by atoms with E-state index in [2.05, 4.69) is 9.73 Å². The molecule has 1 heterocycles. The van der Waals surface area contributed by atoms with Gasteiger partial charge in [-0.1, -0.05) is 0 Å². The number of halogens is 1. The first-order valence-electron chi connectivity index (χ1n) is 4.84. The van der Waals surface area contributed by atoms with Crippen molar-refractivity contribution in [2.24, 2.45) is 16.8 Å². The van der Waals surface area contributed by atoms with Crippen molar-refractivity contribution in [3.63, 3.8) is 0 Å². The van der Waals surface area contributed by atoms with Crippen LogP contribution in [0.25, 0.3) is 0 Å². The van der Waals surface area contributed by atoms with Crippen LogP contribution in [0.1, 0.15) is 6.92 Å². The van der Waals surface area contributed by atoms with Gasteiger partial charge in [0.2, 0.25) is 0 Å². The number of ketones is 1. The van der Waals surface area contributed by atoms with E-state index in [0.29, 0.717) is 0 Å². The standard InChI is InChI=1S/C10H11FN2O3/c1-2-16-10(15)8-7(3-11)13-5-6(4-12)9(8)14/h6,8H,2-3,5H2,1H3. The van der Waals surface area contributed by atoms with Crippen molar-refractivity contribution in [1.29, 1.82) is 5.26 Å². The van der Waals surface area contributed by atoms with E-state index in [4.69, 9.17) is 5.26 Å². The molecule has 0 radical (unpaired) electrons. The number of carbonyl (C=O) groups is 2. The molecule has 1 aliphatic rings. The fraction of sp³-hybridized carbons (Fsp3) is 0.600. The summed E-state index contributed by atoms with van der Waals surface area (Å²) in [6.07, 6.45) is 0. The average molecular weight is 226 g/mol. The van der Waals surface area contributed by atoms with Crippen molar-refractivity contribution < 1.29 is 18.7 Å². The lowest BCUT2D eigenvalue weighted by Gasteiger charge is -2.21. The second-order valence-corrected chi connectivity index (χ2v) is 3.23. The molecular weight excluding hydrogens is 215 g/mol. The molecule has 1 aliphatic heterocycles. The van der Waals surface area contributed by atoms with Crippen LogP contribution in [0.2, 0.25) is 0 Å². The summed E-state index contributed by atoms with van der Waals surface area (Å²) in [7, 11) is 0. The molecule has 0 saturated heterocycles. The van der Waals surface area contributed by atoms with E-state index in [1.807, 2.05) is 0 Å². The number of aliphatic imine (C=N–C) groups is 1. The first kappa shape index (κ1) is 12.3. The Bertz CT molecular complexity index is 373. The van der Waals surface area contributed by atoms with Crippen LogP contribution in [0.15, 0.2) is 4.99 Å². The number of rotatable bonds is 3. The molecular formula is C10H11FN2O3. The maximum absolute atomic E-state index is 12.6. The summed E-state index contributed by atoms with van der Waals surface area (Å²) in [4.78, 5) is 26.8. The molecule has 0 bridgehead atoms. The van der Waals surface area contributed by atoms with E-state index in [1.54, 1.807) is 13.0 Å². The van der Waals surface area contributed by atoms with E-state index >= 15 is 0 Å². The molecule has 1 rings (SSSR count). The van der Waals surface area contributed by atoms with Crippen LogP contribution in [0.5, 0.6) is 0 Å². The zero-order valence-electron chi connectivity index (χ0n) is 8.77. The lowest BCUT2D eigenvalue weighted by Crippen LogP contribution is -2.42. The van der Waals surface area contributed by atoms with Crippen LogP contribution in [0.3, 0.4) is 0 Å². The van der Waals surface area contributed by atoms with E-state index in [9.17, 15) is 14.0 Å². The summed E-state index contributed by atoms with van der Waals surface area (Å²) in [6.45, 7) is 0.622. The SMILES string of the molecule is CCOC(=O)C1C(=O)C(C#N)CN=C1CF. The smallest absolute Gasteiger partial charge is 0.322 e. The van der Waals surface area contributed by atoms with Crippen LogP contribution >= 0.6 is 0 Å². The highest BCUT2D eigenvalue weighted by atomic mass is 19.1. The fourth-order valence-electron chi connectivity index (χ4n) is 1.46. The summed E-state index contributed by atoms with van der Waals surface area (Å²) >= 11 is 0. The van der Waals surface area contributed by atoms with Crippen LogP contribution in [0, 0.1) is 23.2 Å². The maximum Gasteiger partial charge on any atom is 0.322 e. The van der Waals surface area contributed by atoms with Gasteiger partial charge in [0.15, 0.2) is 11.7 Å². The van der Waals surface area contributed by atoms with E-state index < -0.39 is 30.3 Å². The second-order valence-electron chi connectivity index (χ2n) is 3.23. The number of hydrogen-bond acceptors (Lipinski definition) is 5. The molecule has 0 aromatic heterocycles. The molecule has 2 atom stereocenters. The first-order chi connectivity index (χ1) is 7.65. The van der Waals surface area contributed by atoms with Crippen molar-refractivity contribution in [2.45, 2.75) is 6.92 Å². The molecule has 2 unspecified atom stereocenters. The van der Waals surface area contributed by atoms with Gasteiger partial charge in [0, 0.05) is 0 Å². The minimum Gasteiger partial charge on any atom is -0.465 e. The molecule has 0 N–H and O–H groups in total. The van der Waals surface area contributed by atoms with Crippen molar-refractivity contribution in [1.82, 2.24) is 0 Å². The molecule has 0 spiro atoms. The Labute approximate surface area is 91.9 Å². The second kappa shape index (κ2) is 5.35. The molecule has 0 aromatic rings. The zero-order valence-corrected chi connectivity index (χ0v) is 8.77. The Morgan fingerprint density at radius 2 is 2.44 bits per heavy atom. The normalized spacial score (nSPS) is 24.6. The predicted octanol–water partition coefficient (Wildman–Crippen LogP) is 0.299. The lowest BCUT2D eigenvalue weighted by atomic mass is 9.87. The molecule has 6 heteroatoms. The molecule has 5 nitrogen and oxygen atoms in total. The van der Waals surface area contributed by atoms with Gasteiger partial charge in [-0.15, -0.1) is 0 Å². The Balaban J connectivity index is 2.97. The lowest BCUT2D eigenvalue weighted by molar-refractivity contribution is -0.149. The van der Waals surface area contributed by atoms with Gasteiger partial charge in [-0.05, 0) is 6.92 Å². The minimum absolute atomic E-state index is 0.0789. The summed E-state index contributed by atoms with van der Waals surface area (Å²) < 4.78 is 17.2. The third kappa shape index (κ3) is 2.24. The van der Waals surface area contributed by atoms with Crippen LogP contribution in [-0.4, -0.2) is 37.3 Å². The quantitative estimate of drug-likeness (QED) is 0.512. The summed E-state index contributed by atoms with van der Waals surface area (Å²) in [5.41, 5.74) is -0.144.